The van der Waals surface area contributed by atoms with E-state index in [1.54, 1.807) is 0 Å². The van der Waals surface area contributed by atoms with E-state index in [0.29, 0.717) is 6.04 Å². The topological polar surface area (TPSA) is 15.3 Å². The summed E-state index contributed by atoms with van der Waals surface area (Å²) in [6.07, 6.45) is 9.45. The summed E-state index contributed by atoms with van der Waals surface area (Å²) in [4.78, 5) is 2.81. The Labute approximate surface area is 129 Å². The number of nitrogens with one attached hydrogen (secondary N) is 1. The van der Waals surface area contributed by atoms with E-state index < -0.39 is 0 Å². The summed E-state index contributed by atoms with van der Waals surface area (Å²) in [6.45, 7) is 4.97. The van der Waals surface area contributed by atoms with Crippen LogP contribution >= 0.6 is 0 Å². The molecule has 0 spiro atoms. The number of likely N-dealkylation sites (tertiary alicyclic amines) is 1. The summed E-state index contributed by atoms with van der Waals surface area (Å²) in [7, 11) is 0. The highest BCUT2D eigenvalue weighted by atomic mass is 15.2. The zero-order valence-corrected chi connectivity index (χ0v) is 13.4. The largest absolute Gasteiger partial charge is 0.312 e. The van der Waals surface area contributed by atoms with Crippen LogP contribution in [-0.2, 0) is 6.42 Å². The zero-order chi connectivity index (χ0) is 14.5. The summed E-state index contributed by atoms with van der Waals surface area (Å²) >= 11 is 0. The first-order chi connectivity index (χ1) is 10.3. The van der Waals surface area contributed by atoms with Gasteiger partial charge in [-0.25, -0.2) is 0 Å². The SMILES string of the molecule is CC(CCc1ccccc1)N1CCCCC1C1CCCN1. The minimum absolute atomic E-state index is 0.706. The molecule has 2 heterocycles. The number of piperidine rings is 1. The van der Waals surface area contributed by atoms with E-state index in [-0.39, 0.29) is 0 Å². The molecule has 3 unspecified atom stereocenters. The van der Waals surface area contributed by atoms with E-state index >= 15 is 0 Å². The fraction of sp³-hybridized carbons (Fsp3) is 0.684. The molecule has 1 aromatic carbocycles. The number of nitrogens with zero attached hydrogens (tertiary/aromatic N) is 1. The molecule has 0 radical (unpaired) electrons. The molecule has 0 amide bonds. The van der Waals surface area contributed by atoms with Crippen LogP contribution in [0.3, 0.4) is 0 Å². The summed E-state index contributed by atoms with van der Waals surface area (Å²) in [5.74, 6) is 0. The molecule has 21 heavy (non-hydrogen) atoms. The molecule has 1 N–H and O–H groups in total. The fourth-order valence-electron chi connectivity index (χ4n) is 4.19. The maximum atomic E-state index is 3.74. The molecule has 0 saturated carbocycles. The molecular weight excluding hydrogens is 256 g/mol. The summed E-state index contributed by atoms with van der Waals surface area (Å²) in [6, 6.07) is 13.2. The van der Waals surface area contributed by atoms with Crippen molar-refractivity contribution in [2.24, 2.45) is 0 Å². The summed E-state index contributed by atoms with van der Waals surface area (Å²) < 4.78 is 0. The molecular formula is C19H30N2. The van der Waals surface area contributed by atoms with Gasteiger partial charge in [0.05, 0.1) is 0 Å². The lowest BCUT2D eigenvalue weighted by molar-refractivity contribution is 0.0767. The minimum Gasteiger partial charge on any atom is -0.312 e. The van der Waals surface area contributed by atoms with Gasteiger partial charge in [0.15, 0.2) is 0 Å². The average Bonchev–Trinajstić information content (AvgIpc) is 3.08. The Hall–Kier alpha value is -0.860. The van der Waals surface area contributed by atoms with Crippen molar-refractivity contribution in [1.29, 1.82) is 0 Å². The highest BCUT2D eigenvalue weighted by Crippen LogP contribution is 2.27. The monoisotopic (exact) mass is 286 g/mol. The van der Waals surface area contributed by atoms with Crippen LogP contribution in [-0.4, -0.2) is 36.1 Å². The molecule has 116 valence electrons. The van der Waals surface area contributed by atoms with Gasteiger partial charge in [-0.15, -0.1) is 0 Å². The highest BCUT2D eigenvalue weighted by Gasteiger charge is 2.33. The normalized spacial score (nSPS) is 28.6. The van der Waals surface area contributed by atoms with Crippen molar-refractivity contribution in [3.05, 3.63) is 35.9 Å². The first-order valence-corrected chi connectivity index (χ1v) is 8.87. The van der Waals surface area contributed by atoms with Crippen LogP contribution in [0.5, 0.6) is 0 Å². The summed E-state index contributed by atoms with van der Waals surface area (Å²) in [5.41, 5.74) is 1.48. The van der Waals surface area contributed by atoms with E-state index in [4.69, 9.17) is 0 Å². The molecule has 1 aromatic rings. The van der Waals surface area contributed by atoms with E-state index in [1.807, 2.05) is 0 Å². The summed E-state index contributed by atoms with van der Waals surface area (Å²) in [5, 5.41) is 3.74. The molecule has 0 aliphatic carbocycles. The Kier molecular flexibility index (Phi) is 5.32. The maximum absolute atomic E-state index is 3.74. The molecule has 3 atom stereocenters. The third-order valence-electron chi connectivity index (χ3n) is 5.41. The second-order valence-corrected chi connectivity index (χ2v) is 6.88. The Morgan fingerprint density at radius 3 is 2.76 bits per heavy atom. The molecule has 2 aliphatic heterocycles. The second-order valence-electron chi connectivity index (χ2n) is 6.88. The van der Waals surface area contributed by atoms with Crippen molar-refractivity contribution >= 4 is 0 Å². The Morgan fingerprint density at radius 2 is 2.00 bits per heavy atom. The van der Waals surface area contributed by atoms with Crippen LogP contribution in [0.25, 0.3) is 0 Å². The molecule has 2 heteroatoms. The van der Waals surface area contributed by atoms with E-state index in [9.17, 15) is 0 Å². The highest BCUT2D eigenvalue weighted by molar-refractivity contribution is 5.14. The van der Waals surface area contributed by atoms with Crippen LogP contribution in [0.4, 0.5) is 0 Å². The number of aryl methyl sites for hydroxylation is 1. The van der Waals surface area contributed by atoms with Gasteiger partial charge in [0.1, 0.15) is 0 Å². The Bertz CT molecular complexity index is 411. The van der Waals surface area contributed by atoms with Gasteiger partial charge in [-0.1, -0.05) is 36.8 Å². The average molecular weight is 286 g/mol. The quantitative estimate of drug-likeness (QED) is 0.889. The van der Waals surface area contributed by atoms with Gasteiger partial charge in [0, 0.05) is 18.1 Å². The van der Waals surface area contributed by atoms with Crippen molar-refractivity contribution in [2.45, 2.75) is 70.0 Å². The molecule has 2 nitrogen and oxygen atoms in total. The number of hydrogen-bond donors (Lipinski definition) is 1. The van der Waals surface area contributed by atoms with Gasteiger partial charge < -0.3 is 5.32 Å². The van der Waals surface area contributed by atoms with E-state index in [1.165, 1.54) is 63.6 Å². The van der Waals surface area contributed by atoms with Gasteiger partial charge in [-0.2, -0.15) is 0 Å². The van der Waals surface area contributed by atoms with Gasteiger partial charge in [-0.3, -0.25) is 4.90 Å². The van der Waals surface area contributed by atoms with Crippen LogP contribution in [0.2, 0.25) is 0 Å². The van der Waals surface area contributed by atoms with Crippen LogP contribution in [0.15, 0.2) is 30.3 Å². The number of hydrogen-bond acceptors (Lipinski definition) is 2. The lowest BCUT2D eigenvalue weighted by Crippen LogP contribution is -2.53. The van der Waals surface area contributed by atoms with Gasteiger partial charge in [-0.05, 0) is 64.1 Å². The van der Waals surface area contributed by atoms with Crippen molar-refractivity contribution in [1.82, 2.24) is 10.2 Å². The Morgan fingerprint density at radius 1 is 1.14 bits per heavy atom. The van der Waals surface area contributed by atoms with Crippen LogP contribution in [0, 0.1) is 0 Å². The fourth-order valence-corrected chi connectivity index (χ4v) is 4.19. The predicted octanol–water partition coefficient (Wildman–Crippen LogP) is 3.61. The smallest absolute Gasteiger partial charge is 0.0252 e. The van der Waals surface area contributed by atoms with Crippen LogP contribution < -0.4 is 5.32 Å². The van der Waals surface area contributed by atoms with Crippen molar-refractivity contribution in [3.63, 3.8) is 0 Å². The molecule has 2 aliphatic rings. The maximum Gasteiger partial charge on any atom is 0.0252 e. The lowest BCUT2D eigenvalue weighted by atomic mass is 9.92. The molecule has 2 fully saturated rings. The third-order valence-corrected chi connectivity index (χ3v) is 5.41. The molecule has 0 bridgehead atoms. The van der Waals surface area contributed by atoms with Gasteiger partial charge in [0.25, 0.3) is 0 Å². The Balaban J connectivity index is 1.57. The minimum atomic E-state index is 0.706. The lowest BCUT2D eigenvalue weighted by Gasteiger charge is -2.43. The predicted molar refractivity (Wildman–Crippen MR) is 89.6 cm³/mol. The van der Waals surface area contributed by atoms with Gasteiger partial charge >= 0.3 is 0 Å². The second kappa shape index (κ2) is 7.42. The van der Waals surface area contributed by atoms with Crippen LogP contribution in [0.1, 0.15) is 51.0 Å². The standard InChI is InChI=1S/C19H30N2/c1-16(12-13-17-8-3-2-4-9-17)21-15-6-5-11-19(21)18-10-7-14-20-18/h2-4,8-9,16,18-20H,5-7,10-15H2,1H3. The zero-order valence-electron chi connectivity index (χ0n) is 13.4. The van der Waals surface area contributed by atoms with Crippen molar-refractivity contribution in [3.8, 4) is 0 Å². The molecule has 0 aromatic heterocycles. The van der Waals surface area contributed by atoms with Gasteiger partial charge in [0.2, 0.25) is 0 Å². The number of benzene rings is 1. The van der Waals surface area contributed by atoms with Crippen molar-refractivity contribution < 1.29 is 0 Å². The molecule has 2 saturated heterocycles. The van der Waals surface area contributed by atoms with E-state index in [0.717, 1.165) is 12.1 Å². The van der Waals surface area contributed by atoms with E-state index in [2.05, 4.69) is 47.5 Å². The molecule has 3 rings (SSSR count). The van der Waals surface area contributed by atoms with Crippen molar-refractivity contribution in [2.75, 3.05) is 13.1 Å². The first kappa shape index (κ1) is 15.1. The first-order valence-electron chi connectivity index (χ1n) is 8.87. The number of rotatable bonds is 5. The third kappa shape index (κ3) is 3.87.